The second-order valence-corrected chi connectivity index (χ2v) is 5.41. The maximum Gasteiger partial charge on any atom is 0.234 e. The number of carbonyl (C=O) groups is 1. The molecule has 1 saturated carbocycles. The zero-order valence-electron chi connectivity index (χ0n) is 10.5. The smallest absolute Gasteiger partial charge is 0.234 e. The van der Waals surface area contributed by atoms with Gasteiger partial charge in [0.05, 0.1) is 12.6 Å². The molecule has 1 aliphatic carbocycles. The van der Waals surface area contributed by atoms with Crippen LogP contribution in [0.25, 0.3) is 0 Å². The van der Waals surface area contributed by atoms with Crippen LogP contribution in [0.1, 0.15) is 40.0 Å². The van der Waals surface area contributed by atoms with Crippen LogP contribution in [0.4, 0.5) is 0 Å². The summed E-state index contributed by atoms with van der Waals surface area (Å²) in [5.41, 5.74) is -0.120. The molecule has 1 amide bonds. The average Bonchev–Trinajstić information content (AvgIpc) is 2.14. The van der Waals surface area contributed by atoms with Gasteiger partial charge in [0, 0.05) is 5.54 Å². The van der Waals surface area contributed by atoms with E-state index in [4.69, 9.17) is 5.11 Å². The fourth-order valence-electron chi connectivity index (χ4n) is 1.77. The Kier molecular flexibility index (Phi) is 4.74. The van der Waals surface area contributed by atoms with Crippen molar-refractivity contribution in [1.29, 1.82) is 0 Å². The van der Waals surface area contributed by atoms with Crippen LogP contribution < -0.4 is 10.6 Å². The van der Waals surface area contributed by atoms with E-state index in [0.717, 1.165) is 25.8 Å². The molecule has 0 bridgehead atoms. The Labute approximate surface area is 97.8 Å². The first kappa shape index (κ1) is 13.5. The van der Waals surface area contributed by atoms with E-state index in [1.807, 2.05) is 13.8 Å². The lowest BCUT2D eigenvalue weighted by atomic mass is 9.82. The second kappa shape index (κ2) is 5.64. The molecule has 0 aromatic rings. The number of rotatable bonds is 6. The van der Waals surface area contributed by atoms with Gasteiger partial charge in [-0.3, -0.25) is 4.79 Å². The van der Waals surface area contributed by atoms with Crippen LogP contribution in [0.3, 0.4) is 0 Å². The Bertz CT molecular complexity index is 235. The van der Waals surface area contributed by atoms with Gasteiger partial charge in [-0.1, -0.05) is 6.92 Å². The fourth-order valence-corrected chi connectivity index (χ4v) is 1.77. The molecule has 4 heteroatoms. The minimum Gasteiger partial charge on any atom is -0.393 e. The predicted octanol–water partition coefficient (Wildman–Crippen LogP) is 0.652. The number of nitrogens with one attached hydrogen (secondary N) is 2. The predicted molar refractivity (Wildman–Crippen MR) is 64.1 cm³/mol. The molecule has 0 spiro atoms. The van der Waals surface area contributed by atoms with Crippen LogP contribution in [-0.2, 0) is 4.79 Å². The van der Waals surface area contributed by atoms with Crippen molar-refractivity contribution in [2.45, 2.75) is 51.7 Å². The monoisotopic (exact) mass is 228 g/mol. The van der Waals surface area contributed by atoms with E-state index in [-0.39, 0.29) is 17.6 Å². The molecule has 0 saturated heterocycles. The van der Waals surface area contributed by atoms with Crippen molar-refractivity contribution in [3.63, 3.8) is 0 Å². The van der Waals surface area contributed by atoms with Crippen molar-refractivity contribution in [1.82, 2.24) is 10.6 Å². The van der Waals surface area contributed by atoms with Crippen molar-refractivity contribution in [3.05, 3.63) is 0 Å². The zero-order valence-corrected chi connectivity index (χ0v) is 10.5. The number of amides is 1. The van der Waals surface area contributed by atoms with Gasteiger partial charge in [-0.15, -0.1) is 0 Å². The van der Waals surface area contributed by atoms with Gasteiger partial charge in [-0.25, -0.2) is 0 Å². The number of hydrogen-bond acceptors (Lipinski definition) is 3. The number of carbonyl (C=O) groups excluding carboxylic acids is 1. The molecule has 0 aromatic carbocycles. The van der Waals surface area contributed by atoms with Gasteiger partial charge in [-0.2, -0.15) is 0 Å². The summed E-state index contributed by atoms with van der Waals surface area (Å²) in [7, 11) is 0. The van der Waals surface area contributed by atoms with Crippen molar-refractivity contribution in [3.8, 4) is 0 Å². The molecule has 4 nitrogen and oxygen atoms in total. The zero-order chi connectivity index (χ0) is 12.2. The topological polar surface area (TPSA) is 61.4 Å². The highest BCUT2D eigenvalue weighted by Gasteiger charge is 2.26. The highest BCUT2D eigenvalue weighted by molar-refractivity contribution is 5.78. The second-order valence-electron chi connectivity index (χ2n) is 5.41. The van der Waals surface area contributed by atoms with Gasteiger partial charge in [-0.05, 0) is 45.6 Å². The van der Waals surface area contributed by atoms with E-state index >= 15 is 0 Å². The molecule has 94 valence electrons. The summed E-state index contributed by atoms with van der Waals surface area (Å²) in [4.78, 5) is 11.5. The molecule has 0 atom stereocenters. The molecule has 1 aliphatic rings. The maximum absolute atomic E-state index is 11.5. The van der Waals surface area contributed by atoms with Crippen molar-refractivity contribution in [2.24, 2.45) is 5.92 Å². The third-order valence-electron chi connectivity index (χ3n) is 3.29. The largest absolute Gasteiger partial charge is 0.393 e. The molecule has 0 heterocycles. The molecule has 0 radical (unpaired) electrons. The summed E-state index contributed by atoms with van der Waals surface area (Å²) < 4.78 is 0. The van der Waals surface area contributed by atoms with Crippen molar-refractivity contribution >= 4 is 5.91 Å². The minimum atomic E-state index is -0.120. The van der Waals surface area contributed by atoms with Crippen LogP contribution in [0.5, 0.6) is 0 Å². The van der Waals surface area contributed by atoms with Crippen molar-refractivity contribution in [2.75, 3.05) is 13.1 Å². The molecular formula is C12H24N2O2. The van der Waals surface area contributed by atoms with E-state index in [9.17, 15) is 4.79 Å². The SMILES string of the molecule is CCC(C)(C)NC(=O)CNCC1CC(O)C1. The Balaban J connectivity index is 2.06. The van der Waals surface area contributed by atoms with Crippen LogP contribution in [0, 0.1) is 5.92 Å². The highest BCUT2D eigenvalue weighted by Crippen LogP contribution is 2.25. The molecular weight excluding hydrogens is 204 g/mol. The van der Waals surface area contributed by atoms with Crippen LogP contribution in [0.2, 0.25) is 0 Å². The quantitative estimate of drug-likeness (QED) is 0.625. The lowest BCUT2D eigenvalue weighted by molar-refractivity contribution is -0.121. The summed E-state index contributed by atoms with van der Waals surface area (Å²) >= 11 is 0. The van der Waals surface area contributed by atoms with Gasteiger partial charge in [0.2, 0.25) is 5.91 Å². The van der Waals surface area contributed by atoms with E-state index < -0.39 is 0 Å². The van der Waals surface area contributed by atoms with E-state index in [0.29, 0.717) is 12.5 Å². The van der Waals surface area contributed by atoms with Gasteiger partial charge < -0.3 is 15.7 Å². The number of hydrogen-bond donors (Lipinski definition) is 3. The third kappa shape index (κ3) is 4.49. The van der Waals surface area contributed by atoms with E-state index in [2.05, 4.69) is 17.6 Å². The first-order valence-corrected chi connectivity index (χ1v) is 6.12. The summed E-state index contributed by atoms with van der Waals surface area (Å²) in [5.74, 6) is 0.591. The Morgan fingerprint density at radius 1 is 1.44 bits per heavy atom. The first-order valence-electron chi connectivity index (χ1n) is 6.12. The normalized spacial score (nSPS) is 25.0. The van der Waals surface area contributed by atoms with Gasteiger partial charge in [0.1, 0.15) is 0 Å². The number of aliphatic hydroxyl groups excluding tert-OH is 1. The third-order valence-corrected chi connectivity index (χ3v) is 3.29. The molecule has 0 aromatic heterocycles. The van der Waals surface area contributed by atoms with Crippen LogP contribution >= 0.6 is 0 Å². The Hall–Kier alpha value is -0.610. The molecule has 1 fully saturated rings. The van der Waals surface area contributed by atoms with Crippen LogP contribution in [0.15, 0.2) is 0 Å². The summed E-state index contributed by atoms with van der Waals surface area (Å²) in [5, 5.41) is 15.2. The fraction of sp³-hybridized carbons (Fsp3) is 0.917. The summed E-state index contributed by atoms with van der Waals surface area (Å²) in [6, 6.07) is 0. The minimum absolute atomic E-state index is 0.0479. The molecule has 1 rings (SSSR count). The lowest BCUT2D eigenvalue weighted by Crippen LogP contribution is -2.47. The number of aliphatic hydroxyl groups is 1. The molecule has 0 aliphatic heterocycles. The Morgan fingerprint density at radius 3 is 2.56 bits per heavy atom. The molecule has 3 N–H and O–H groups in total. The average molecular weight is 228 g/mol. The highest BCUT2D eigenvalue weighted by atomic mass is 16.3. The standard InChI is InChI=1S/C12H24N2O2/c1-4-12(2,3)14-11(16)8-13-7-9-5-10(15)6-9/h9-10,13,15H,4-8H2,1-3H3,(H,14,16). The molecule has 0 unspecified atom stereocenters. The summed E-state index contributed by atoms with van der Waals surface area (Å²) in [6.45, 7) is 7.30. The molecule has 16 heavy (non-hydrogen) atoms. The Morgan fingerprint density at radius 2 is 2.06 bits per heavy atom. The van der Waals surface area contributed by atoms with E-state index in [1.165, 1.54) is 0 Å². The van der Waals surface area contributed by atoms with Gasteiger partial charge in [0.25, 0.3) is 0 Å². The van der Waals surface area contributed by atoms with Gasteiger partial charge >= 0.3 is 0 Å². The van der Waals surface area contributed by atoms with Crippen molar-refractivity contribution < 1.29 is 9.90 Å². The lowest BCUT2D eigenvalue weighted by Gasteiger charge is -2.31. The van der Waals surface area contributed by atoms with Crippen LogP contribution in [-0.4, -0.2) is 35.7 Å². The van der Waals surface area contributed by atoms with Gasteiger partial charge in [0.15, 0.2) is 0 Å². The summed E-state index contributed by atoms with van der Waals surface area (Å²) in [6.07, 6.45) is 2.55. The van der Waals surface area contributed by atoms with E-state index in [1.54, 1.807) is 0 Å². The maximum atomic E-state index is 11.5. The first-order chi connectivity index (χ1) is 7.43.